The minimum absolute atomic E-state index is 0.265. The van der Waals surface area contributed by atoms with Crippen molar-refractivity contribution in [2.24, 2.45) is 0 Å². The summed E-state index contributed by atoms with van der Waals surface area (Å²) in [6.45, 7) is 0. The standard InChI is InChI=1S/C13H11Br2NO2S/c1-16(12-6-2-10(14)3-7-12)19(17,18)13-8-4-11(15)5-9-13/h2-9H,1H3. The van der Waals surface area contributed by atoms with Crippen LogP contribution in [-0.4, -0.2) is 15.5 Å². The fourth-order valence-electron chi connectivity index (χ4n) is 1.55. The van der Waals surface area contributed by atoms with Gasteiger partial charge in [-0.3, -0.25) is 4.31 Å². The summed E-state index contributed by atoms with van der Waals surface area (Å²) in [5.41, 5.74) is 0.617. The van der Waals surface area contributed by atoms with E-state index in [1.165, 1.54) is 4.31 Å². The molecule has 0 aliphatic heterocycles. The second-order valence-electron chi connectivity index (χ2n) is 3.90. The second kappa shape index (κ2) is 5.64. The van der Waals surface area contributed by atoms with Crippen LogP contribution < -0.4 is 4.31 Å². The van der Waals surface area contributed by atoms with Crippen LogP contribution in [0.5, 0.6) is 0 Å². The molecule has 0 aliphatic carbocycles. The molecule has 0 unspecified atom stereocenters. The first kappa shape index (κ1) is 14.6. The number of nitrogens with zero attached hydrogens (tertiary/aromatic N) is 1. The first-order valence-electron chi connectivity index (χ1n) is 5.41. The molecule has 2 aromatic rings. The van der Waals surface area contributed by atoms with Crippen LogP contribution in [0.2, 0.25) is 0 Å². The van der Waals surface area contributed by atoms with Crippen LogP contribution in [0.25, 0.3) is 0 Å². The molecular weight excluding hydrogens is 394 g/mol. The number of halogens is 2. The topological polar surface area (TPSA) is 37.4 Å². The molecule has 0 bridgehead atoms. The average molecular weight is 405 g/mol. The van der Waals surface area contributed by atoms with Crippen molar-refractivity contribution in [1.82, 2.24) is 0 Å². The molecule has 0 N–H and O–H groups in total. The summed E-state index contributed by atoms with van der Waals surface area (Å²) in [5.74, 6) is 0. The highest BCUT2D eigenvalue weighted by molar-refractivity contribution is 9.10. The molecule has 0 radical (unpaired) electrons. The van der Waals surface area contributed by atoms with Crippen molar-refractivity contribution >= 4 is 47.6 Å². The molecule has 0 aromatic heterocycles. The van der Waals surface area contributed by atoms with Gasteiger partial charge in [-0.25, -0.2) is 8.42 Å². The Morgan fingerprint density at radius 1 is 0.842 bits per heavy atom. The fraction of sp³-hybridized carbons (Fsp3) is 0.0769. The monoisotopic (exact) mass is 403 g/mol. The first-order chi connectivity index (χ1) is 8.91. The van der Waals surface area contributed by atoms with Gasteiger partial charge in [0.15, 0.2) is 0 Å². The predicted octanol–water partition coefficient (Wildman–Crippen LogP) is 4.04. The number of benzene rings is 2. The van der Waals surface area contributed by atoms with E-state index in [0.717, 1.165) is 8.95 Å². The van der Waals surface area contributed by atoms with E-state index in [2.05, 4.69) is 31.9 Å². The Labute approximate surface area is 129 Å². The average Bonchev–Trinajstić information content (AvgIpc) is 2.39. The molecule has 0 aliphatic rings. The third kappa shape index (κ3) is 3.19. The molecule has 0 saturated carbocycles. The summed E-state index contributed by atoms with van der Waals surface area (Å²) in [5, 5.41) is 0. The highest BCUT2D eigenvalue weighted by Crippen LogP contribution is 2.24. The Kier molecular flexibility index (Phi) is 4.32. The maximum absolute atomic E-state index is 12.4. The summed E-state index contributed by atoms with van der Waals surface area (Å²) in [4.78, 5) is 0.265. The molecule has 2 aromatic carbocycles. The zero-order chi connectivity index (χ0) is 14.0. The van der Waals surface area contributed by atoms with E-state index in [0.29, 0.717) is 5.69 Å². The Balaban J connectivity index is 2.39. The number of hydrogen-bond acceptors (Lipinski definition) is 2. The van der Waals surface area contributed by atoms with Gasteiger partial charge in [-0.1, -0.05) is 31.9 Å². The molecule has 6 heteroatoms. The van der Waals surface area contributed by atoms with Crippen molar-refractivity contribution in [3.8, 4) is 0 Å². The van der Waals surface area contributed by atoms with Gasteiger partial charge in [0.05, 0.1) is 10.6 Å². The van der Waals surface area contributed by atoms with Crippen molar-refractivity contribution < 1.29 is 8.42 Å². The highest BCUT2D eigenvalue weighted by Gasteiger charge is 2.20. The van der Waals surface area contributed by atoms with Crippen molar-refractivity contribution in [2.45, 2.75) is 4.90 Å². The second-order valence-corrected chi connectivity index (χ2v) is 7.70. The molecule has 100 valence electrons. The predicted molar refractivity (Wildman–Crippen MR) is 83.9 cm³/mol. The lowest BCUT2D eigenvalue weighted by Crippen LogP contribution is -2.26. The lowest BCUT2D eigenvalue weighted by Gasteiger charge is -2.19. The maximum atomic E-state index is 12.4. The smallest absolute Gasteiger partial charge is 0.264 e. The van der Waals surface area contributed by atoms with Crippen molar-refractivity contribution in [3.05, 3.63) is 57.5 Å². The van der Waals surface area contributed by atoms with E-state index in [4.69, 9.17) is 0 Å². The molecular formula is C13H11Br2NO2S. The van der Waals surface area contributed by atoms with Gasteiger partial charge in [0, 0.05) is 16.0 Å². The summed E-state index contributed by atoms with van der Waals surface area (Å²) in [6, 6.07) is 13.7. The van der Waals surface area contributed by atoms with Crippen molar-refractivity contribution in [1.29, 1.82) is 0 Å². The van der Waals surface area contributed by atoms with Crippen molar-refractivity contribution in [2.75, 3.05) is 11.4 Å². The molecule has 0 amide bonds. The van der Waals surface area contributed by atoms with Crippen LogP contribution in [0.1, 0.15) is 0 Å². The number of hydrogen-bond donors (Lipinski definition) is 0. The minimum Gasteiger partial charge on any atom is -0.269 e. The van der Waals surface area contributed by atoms with Crippen LogP contribution in [0.3, 0.4) is 0 Å². The number of anilines is 1. The Morgan fingerprint density at radius 2 is 1.26 bits per heavy atom. The van der Waals surface area contributed by atoms with Crippen LogP contribution >= 0.6 is 31.9 Å². The van der Waals surface area contributed by atoms with Gasteiger partial charge in [0.1, 0.15) is 0 Å². The molecule has 0 spiro atoms. The van der Waals surface area contributed by atoms with Crippen LogP contribution in [0.4, 0.5) is 5.69 Å². The quantitative estimate of drug-likeness (QED) is 0.774. The summed E-state index contributed by atoms with van der Waals surface area (Å²) in [6.07, 6.45) is 0. The Hall–Kier alpha value is -0.850. The number of rotatable bonds is 3. The van der Waals surface area contributed by atoms with E-state index >= 15 is 0 Å². The van der Waals surface area contributed by atoms with E-state index in [9.17, 15) is 8.42 Å². The van der Waals surface area contributed by atoms with E-state index in [1.54, 1.807) is 43.4 Å². The summed E-state index contributed by atoms with van der Waals surface area (Å²) < 4.78 is 27.9. The lowest BCUT2D eigenvalue weighted by molar-refractivity contribution is 0.594. The van der Waals surface area contributed by atoms with E-state index < -0.39 is 10.0 Å². The maximum Gasteiger partial charge on any atom is 0.264 e. The van der Waals surface area contributed by atoms with Crippen LogP contribution in [-0.2, 0) is 10.0 Å². The van der Waals surface area contributed by atoms with Gasteiger partial charge in [-0.05, 0) is 48.5 Å². The van der Waals surface area contributed by atoms with Gasteiger partial charge < -0.3 is 0 Å². The molecule has 0 fully saturated rings. The van der Waals surface area contributed by atoms with Gasteiger partial charge >= 0.3 is 0 Å². The SMILES string of the molecule is CN(c1ccc(Br)cc1)S(=O)(=O)c1ccc(Br)cc1. The molecule has 0 saturated heterocycles. The van der Waals surface area contributed by atoms with Crippen molar-refractivity contribution in [3.63, 3.8) is 0 Å². The van der Waals surface area contributed by atoms with Gasteiger partial charge in [0.2, 0.25) is 0 Å². The Morgan fingerprint density at radius 3 is 1.74 bits per heavy atom. The number of sulfonamides is 1. The first-order valence-corrected chi connectivity index (χ1v) is 8.44. The minimum atomic E-state index is -3.52. The Bertz CT molecular complexity index is 667. The zero-order valence-corrected chi connectivity index (χ0v) is 14.0. The van der Waals surface area contributed by atoms with Gasteiger partial charge in [-0.2, -0.15) is 0 Å². The molecule has 2 rings (SSSR count). The van der Waals surface area contributed by atoms with Gasteiger partial charge in [0.25, 0.3) is 10.0 Å². The van der Waals surface area contributed by atoms with E-state index in [1.807, 2.05) is 12.1 Å². The van der Waals surface area contributed by atoms with Crippen LogP contribution in [0.15, 0.2) is 62.4 Å². The highest BCUT2D eigenvalue weighted by atomic mass is 79.9. The summed E-state index contributed by atoms with van der Waals surface area (Å²) in [7, 11) is -1.98. The molecule has 19 heavy (non-hydrogen) atoms. The van der Waals surface area contributed by atoms with E-state index in [-0.39, 0.29) is 4.90 Å². The lowest BCUT2D eigenvalue weighted by atomic mass is 10.3. The normalized spacial score (nSPS) is 11.3. The third-order valence-electron chi connectivity index (χ3n) is 2.66. The molecule has 0 heterocycles. The third-order valence-corrected chi connectivity index (χ3v) is 5.52. The summed E-state index contributed by atoms with van der Waals surface area (Å²) >= 11 is 6.61. The van der Waals surface area contributed by atoms with Gasteiger partial charge in [-0.15, -0.1) is 0 Å². The molecule has 3 nitrogen and oxygen atoms in total. The molecule has 0 atom stereocenters. The fourth-order valence-corrected chi connectivity index (χ4v) is 3.28. The van der Waals surface area contributed by atoms with Crippen LogP contribution in [0, 0.1) is 0 Å². The largest absolute Gasteiger partial charge is 0.269 e. The zero-order valence-electron chi connectivity index (χ0n) is 10.0.